The normalized spacial score (nSPS) is 11.6. The van der Waals surface area contributed by atoms with E-state index in [0.29, 0.717) is 18.5 Å². The number of hydrogen-bond donors (Lipinski definition) is 2. The predicted octanol–water partition coefficient (Wildman–Crippen LogP) is 1.18. The van der Waals surface area contributed by atoms with Crippen LogP contribution in [-0.2, 0) is 9.59 Å². The molecule has 4 nitrogen and oxygen atoms in total. The number of carbonyl (C=O) groups excluding carboxylic acids is 1. The molecule has 0 spiro atoms. The third-order valence-electron chi connectivity index (χ3n) is 1.55. The van der Waals surface area contributed by atoms with Crippen molar-refractivity contribution in [2.75, 3.05) is 6.54 Å². The van der Waals surface area contributed by atoms with Gasteiger partial charge in [0.25, 0.3) is 0 Å². The van der Waals surface area contributed by atoms with E-state index in [2.05, 4.69) is 5.32 Å². The molecular weight excluding hydrogens is 182 g/mol. The molecule has 0 bridgehead atoms. The van der Waals surface area contributed by atoms with E-state index in [1.807, 2.05) is 13.8 Å². The molecule has 0 heterocycles. The van der Waals surface area contributed by atoms with Gasteiger partial charge in [-0.2, -0.15) is 0 Å². The molecule has 2 N–H and O–H groups in total. The molecule has 0 aromatic rings. The smallest absolute Gasteiger partial charge is 0.328 e. The molecule has 0 fully saturated rings. The minimum absolute atomic E-state index is 0.267. The summed E-state index contributed by atoms with van der Waals surface area (Å²) in [5.41, 5.74) is 0.328. The van der Waals surface area contributed by atoms with Crippen LogP contribution in [0.15, 0.2) is 11.6 Å². The van der Waals surface area contributed by atoms with Gasteiger partial charge in [0, 0.05) is 18.2 Å². The fourth-order valence-electron chi connectivity index (χ4n) is 1.08. The quantitative estimate of drug-likeness (QED) is 0.653. The molecule has 14 heavy (non-hydrogen) atoms. The van der Waals surface area contributed by atoms with Gasteiger partial charge in [0.15, 0.2) is 0 Å². The molecule has 0 aromatic heterocycles. The Morgan fingerprint density at radius 3 is 2.36 bits per heavy atom. The first-order chi connectivity index (χ1) is 6.47. The molecular formula is C10H17NO3. The van der Waals surface area contributed by atoms with Crippen molar-refractivity contribution in [1.82, 2.24) is 5.32 Å². The van der Waals surface area contributed by atoms with E-state index in [0.717, 1.165) is 6.08 Å². The summed E-state index contributed by atoms with van der Waals surface area (Å²) in [7, 11) is 0. The number of carboxylic acid groups (broad SMARTS) is 1. The molecule has 0 saturated carbocycles. The summed E-state index contributed by atoms with van der Waals surface area (Å²) < 4.78 is 0. The Labute approximate surface area is 84.0 Å². The SMILES string of the molecule is CCNC(=O)/C(=C\C(=O)O)CC(C)C. The lowest BCUT2D eigenvalue weighted by molar-refractivity contribution is -0.132. The summed E-state index contributed by atoms with van der Waals surface area (Å²) in [5.74, 6) is -1.10. The third-order valence-corrected chi connectivity index (χ3v) is 1.55. The maximum Gasteiger partial charge on any atom is 0.328 e. The van der Waals surface area contributed by atoms with Gasteiger partial charge in [0.2, 0.25) is 5.91 Å². The molecule has 0 aliphatic carbocycles. The molecule has 0 aliphatic heterocycles. The minimum atomic E-state index is -1.08. The highest BCUT2D eigenvalue weighted by molar-refractivity contribution is 5.98. The summed E-state index contributed by atoms with van der Waals surface area (Å²) in [6.07, 6.45) is 1.46. The van der Waals surface area contributed by atoms with Crippen LogP contribution in [0.2, 0.25) is 0 Å². The summed E-state index contributed by atoms with van der Waals surface area (Å²) in [6, 6.07) is 0. The van der Waals surface area contributed by atoms with E-state index in [-0.39, 0.29) is 11.8 Å². The summed E-state index contributed by atoms with van der Waals surface area (Å²) in [4.78, 5) is 21.8. The molecule has 0 saturated heterocycles. The number of rotatable bonds is 5. The Hall–Kier alpha value is -1.32. The third kappa shape index (κ3) is 5.35. The predicted molar refractivity (Wildman–Crippen MR) is 53.9 cm³/mol. The Balaban J connectivity index is 4.55. The lowest BCUT2D eigenvalue weighted by atomic mass is 10.0. The molecule has 4 heteroatoms. The van der Waals surface area contributed by atoms with Crippen molar-refractivity contribution < 1.29 is 14.7 Å². The topological polar surface area (TPSA) is 66.4 Å². The van der Waals surface area contributed by atoms with Crippen LogP contribution in [0.1, 0.15) is 27.2 Å². The molecule has 0 unspecified atom stereocenters. The number of nitrogens with one attached hydrogen (secondary N) is 1. The maximum absolute atomic E-state index is 11.4. The van der Waals surface area contributed by atoms with Gasteiger partial charge in [-0.1, -0.05) is 13.8 Å². The van der Waals surface area contributed by atoms with Crippen molar-refractivity contribution >= 4 is 11.9 Å². The van der Waals surface area contributed by atoms with Crippen LogP contribution in [0.3, 0.4) is 0 Å². The van der Waals surface area contributed by atoms with Crippen LogP contribution >= 0.6 is 0 Å². The van der Waals surface area contributed by atoms with Crippen molar-refractivity contribution in [3.63, 3.8) is 0 Å². The largest absolute Gasteiger partial charge is 0.478 e. The van der Waals surface area contributed by atoms with E-state index in [1.165, 1.54) is 0 Å². The second kappa shape index (κ2) is 6.18. The monoisotopic (exact) mass is 199 g/mol. The molecule has 80 valence electrons. The summed E-state index contributed by atoms with van der Waals surface area (Å²) in [6.45, 7) is 6.18. The highest BCUT2D eigenvalue weighted by atomic mass is 16.4. The molecule has 1 amide bonds. The fourth-order valence-corrected chi connectivity index (χ4v) is 1.08. The molecule has 0 aliphatic rings. The van der Waals surface area contributed by atoms with Crippen molar-refractivity contribution in [1.29, 1.82) is 0 Å². The van der Waals surface area contributed by atoms with Crippen LogP contribution < -0.4 is 5.32 Å². The zero-order chi connectivity index (χ0) is 11.1. The van der Waals surface area contributed by atoms with Crippen molar-refractivity contribution in [3.8, 4) is 0 Å². The molecule has 0 atom stereocenters. The first kappa shape index (κ1) is 12.7. The first-order valence-corrected chi connectivity index (χ1v) is 4.69. The summed E-state index contributed by atoms with van der Waals surface area (Å²) in [5, 5.41) is 11.1. The Morgan fingerprint density at radius 2 is 2.00 bits per heavy atom. The van der Waals surface area contributed by atoms with E-state index < -0.39 is 5.97 Å². The van der Waals surface area contributed by atoms with Gasteiger partial charge >= 0.3 is 5.97 Å². The zero-order valence-electron chi connectivity index (χ0n) is 8.83. The molecule has 0 rings (SSSR count). The lowest BCUT2D eigenvalue weighted by Crippen LogP contribution is -2.25. The van der Waals surface area contributed by atoms with Crippen LogP contribution in [-0.4, -0.2) is 23.5 Å². The van der Waals surface area contributed by atoms with Crippen molar-refractivity contribution in [2.24, 2.45) is 5.92 Å². The molecule has 0 radical (unpaired) electrons. The van der Waals surface area contributed by atoms with E-state index in [9.17, 15) is 9.59 Å². The highest BCUT2D eigenvalue weighted by Gasteiger charge is 2.11. The van der Waals surface area contributed by atoms with Gasteiger partial charge < -0.3 is 10.4 Å². The van der Waals surface area contributed by atoms with Gasteiger partial charge in [-0.15, -0.1) is 0 Å². The number of carbonyl (C=O) groups is 2. The van der Waals surface area contributed by atoms with Crippen LogP contribution in [0.5, 0.6) is 0 Å². The Kier molecular flexibility index (Phi) is 5.60. The number of carboxylic acids is 1. The Morgan fingerprint density at radius 1 is 1.43 bits per heavy atom. The summed E-state index contributed by atoms with van der Waals surface area (Å²) >= 11 is 0. The molecule has 0 aromatic carbocycles. The van der Waals surface area contributed by atoms with Crippen LogP contribution in [0.4, 0.5) is 0 Å². The van der Waals surface area contributed by atoms with E-state index in [4.69, 9.17) is 5.11 Å². The van der Waals surface area contributed by atoms with Crippen molar-refractivity contribution in [2.45, 2.75) is 27.2 Å². The van der Waals surface area contributed by atoms with Gasteiger partial charge in [0.1, 0.15) is 0 Å². The first-order valence-electron chi connectivity index (χ1n) is 4.69. The van der Waals surface area contributed by atoms with Gasteiger partial charge in [-0.3, -0.25) is 4.79 Å². The highest BCUT2D eigenvalue weighted by Crippen LogP contribution is 2.10. The second-order valence-corrected chi connectivity index (χ2v) is 3.47. The fraction of sp³-hybridized carbons (Fsp3) is 0.600. The van der Waals surface area contributed by atoms with Crippen LogP contribution in [0.25, 0.3) is 0 Å². The Bertz CT molecular complexity index is 244. The average molecular weight is 199 g/mol. The minimum Gasteiger partial charge on any atom is -0.478 e. The second-order valence-electron chi connectivity index (χ2n) is 3.47. The zero-order valence-corrected chi connectivity index (χ0v) is 8.83. The van der Waals surface area contributed by atoms with Crippen LogP contribution in [0, 0.1) is 5.92 Å². The number of likely N-dealkylation sites (N-methyl/N-ethyl adjacent to an activating group) is 1. The van der Waals surface area contributed by atoms with Crippen molar-refractivity contribution in [3.05, 3.63) is 11.6 Å². The number of hydrogen-bond acceptors (Lipinski definition) is 2. The van der Waals surface area contributed by atoms with E-state index in [1.54, 1.807) is 6.92 Å². The lowest BCUT2D eigenvalue weighted by Gasteiger charge is -2.08. The van der Waals surface area contributed by atoms with Gasteiger partial charge in [0.05, 0.1) is 0 Å². The average Bonchev–Trinajstić information content (AvgIpc) is 2.01. The standard InChI is InChI=1S/C10H17NO3/c1-4-11-10(14)8(5-7(2)3)6-9(12)13/h6-7H,4-5H2,1-3H3,(H,11,14)(H,12,13)/b8-6-. The number of amides is 1. The maximum atomic E-state index is 11.4. The van der Waals surface area contributed by atoms with Gasteiger partial charge in [-0.25, -0.2) is 4.79 Å². The van der Waals surface area contributed by atoms with Gasteiger partial charge in [-0.05, 0) is 19.3 Å². The van der Waals surface area contributed by atoms with E-state index >= 15 is 0 Å². The number of aliphatic carboxylic acids is 1.